The fourth-order valence-electron chi connectivity index (χ4n) is 3.24. The lowest BCUT2D eigenvalue weighted by atomic mass is 10.1. The fourth-order valence-corrected chi connectivity index (χ4v) is 5.19. The highest BCUT2D eigenvalue weighted by Gasteiger charge is 2.17. The van der Waals surface area contributed by atoms with E-state index in [1.807, 2.05) is 47.8 Å². The topological polar surface area (TPSA) is 61.2 Å². The second-order valence-electron chi connectivity index (χ2n) is 6.77. The third-order valence-electron chi connectivity index (χ3n) is 4.80. The van der Waals surface area contributed by atoms with Crippen LogP contribution in [-0.2, 0) is 17.0 Å². The van der Waals surface area contributed by atoms with Gasteiger partial charge in [0.25, 0.3) is 5.56 Å². The Labute approximate surface area is 188 Å². The minimum atomic E-state index is -0.363. The van der Waals surface area contributed by atoms with Crippen LogP contribution in [0.5, 0.6) is 0 Å². The van der Waals surface area contributed by atoms with E-state index < -0.39 is 0 Å². The number of esters is 1. The average molecular weight is 449 g/mol. The molecule has 0 spiro atoms. The lowest BCUT2D eigenvalue weighted by Crippen LogP contribution is -2.22. The normalized spacial score (nSPS) is 10.9. The largest absolute Gasteiger partial charge is 0.465 e. The summed E-state index contributed by atoms with van der Waals surface area (Å²) in [6, 6.07) is 17.1. The lowest BCUT2D eigenvalue weighted by Gasteiger charge is -2.11. The SMILES string of the molecule is C=CCn1c(SCc2ccc(C(=O)OC)cc2)nc2scc(-c3ccccc3)c2c1=O. The van der Waals surface area contributed by atoms with Gasteiger partial charge in [-0.3, -0.25) is 9.36 Å². The molecule has 0 aliphatic rings. The first-order valence-corrected chi connectivity index (χ1v) is 11.5. The van der Waals surface area contributed by atoms with Crippen LogP contribution in [0.15, 0.2) is 82.6 Å². The van der Waals surface area contributed by atoms with Crippen molar-refractivity contribution in [2.75, 3.05) is 7.11 Å². The molecule has 4 rings (SSSR count). The summed E-state index contributed by atoms with van der Waals surface area (Å²) in [4.78, 5) is 30.5. The van der Waals surface area contributed by atoms with Gasteiger partial charge in [0, 0.05) is 23.2 Å². The van der Waals surface area contributed by atoms with Crippen molar-refractivity contribution in [1.29, 1.82) is 0 Å². The van der Waals surface area contributed by atoms with Gasteiger partial charge in [-0.05, 0) is 23.3 Å². The summed E-state index contributed by atoms with van der Waals surface area (Å²) in [5, 5.41) is 3.29. The molecule has 0 aliphatic carbocycles. The number of nitrogens with zero attached hydrogens (tertiary/aromatic N) is 2. The van der Waals surface area contributed by atoms with Crippen molar-refractivity contribution in [2.24, 2.45) is 0 Å². The van der Waals surface area contributed by atoms with Crippen LogP contribution in [0.3, 0.4) is 0 Å². The molecule has 0 N–H and O–H groups in total. The van der Waals surface area contributed by atoms with E-state index in [0.29, 0.717) is 28.4 Å². The van der Waals surface area contributed by atoms with E-state index in [1.165, 1.54) is 30.2 Å². The Kier molecular flexibility index (Phi) is 6.34. The van der Waals surface area contributed by atoms with E-state index >= 15 is 0 Å². The standard InChI is InChI=1S/C24H20N2O3S2/c1-3-13-26-22(27)20-19(17-7-5-4-6-8-17)15-30-21(20)25-24(26)31-14-16-9-11-18(12-10-16)23(28)29-2/h3-12,15H,1,13-14H2,2H3. The molecule has 0 amide bonds. The molecule has 0 saturated heterocycles. The number of ether oxygens (including phenoxy) is 1. The minimum Gasteiger partial charge on any atom is -0.465 e. The van der Waals surface area contributed by atoms with E-state index in [9.17, 15) is 9.59 Å². The predicted molar refractivity (Wildman–Crippen MR) is 127 cm³/mol. The zero-order valence-corrected chi connectivity index (χ0v) is 18.5. The second-order valence-corrected chi connectivity index (χ2v) is 8.57. The third-order valence-corrected chi connectivity index (χ3v) is 6.72. The molecule has 0 fully saturated rings. The smallest absolute Gasteiger partial charge is 0.337 e. The lowest BCUT2D eigenvalue weighted by molar-refractivity contribution is 0.0600. The van der Waals surface area contributed by atoms with Gasteiger partial charge in [-0.1, -0.05) is 60.3 Å². The monoisotopic (exact) mass is 448 g/mol. The van der Waals surface area contributed by atoms with E-state index in [2.05, 4.69) is 6.58 Å². The zero-order chi connectivity index (χ0) is 21.8. The van der Waals surface area contributed by atoms with Crippen molar-refractivity contribution < 1.29 is 9.53 Å². The van der Waals surface area contributed by atoms with Crippen LogP contribution in [-0.4, -0.2) is 22.6 Å². The van der Waals surface area contributed by atoms with Gasteiger partial charge in [0.2, 0.25) is 0 Å². The van der Waals surface area contributed by atoms with Crippen LogP contribution >= 0.6 is 23.1 Å². The molecule has 7 heteroatoms. The van der Waals surface area contributed by atoms with Crippen molar-refractivity contribution in [1.82, 2.24) is 9.55 Å². The summed E-state index contributed by atoms with van der Waals surface area (Å²) >= 11 is 2.97. The highest BCUT2D eigenvalue weighted by molar-refractivity contribution is 7.98. The first-order valence-electron chi connectivity index (χ1n) is 9.60. The summed E-state index contributed by atoms with van der Waals surface area (Å²) in [6.07, 6.45) is 1.71. The van der Waals surface area contributed by atoms with Gasteiger partial charge in [-0.25, -0.2) is 9.78 Å². The number of benzene rings is 2. The van der Waals surface area contributed by atoms with Crippen molar-refractivity contribution in [3.63, 3.8) is 0 Å². The van der Waals surface area contributed by atoms with Gasteiger partial charge in [0.1, 0.15) is 4.83 Å². The van der Waals surface area contributed by atoms with E-state index in [0.717, 1.165) is 21.5 Å². The fraction of sp³-hybridized carbons (Fsp3) is 0.125. The Balaban J connectivity index is 1.68. The van der Waals surface area contributed by atoms with E-state index in [4.69, 9.17) is 9.72 Å². The highest BCUT2D eigenvalue weighted by atomic mass is 32.2. The van der Waals surface area contributed by atoms with Gasteiger partial charge in [-0.2, -0.15) is 0 Å². The highest BCUT2D eigenvalue weighted by Crippen LogP contribution is 2.32. The molecule has 2 heterocycles. The molecule has 2 aromatic heterocycles. The molecule has 0 unspecified atom stereocenters. The number of thiophene rings is 1. The van der Waals surface area contributed by atoms with Crippen LogP contribution in [0, 0.1) is 0 Å². The van der Waals surface area contributed by atoms with Gasteiger partial charge >= 0.3 is 5.97 Å². The number of hydrogen-bond acceptors (Lipinski definition) is 6. The van der Waals surface area contributed by atoms with Crippen LogP contribution < -0.4 is 5.56 Å². The van der Waals surface area contributed by atoms with Crippen LogP contribution in [0.2, 0.25) is 0 Å². The number of allylic oxidation sites excluding steroid dienone is 1. The summed E-state index contributed by atoms with van der Waals surface area (Å²) in [5.74, 6) is 0.256. The second kappa shape index (κ2) is 9.32. The van der Waals surface area contributed by atoms with Gasteiger partial charge in [0.15, 0.2) is 5.16 Å². The first-order chi connectivity index (χ1) is 15.1. The van der Waals surface area contributed by atoms with E-state index in [1.54, 1.807) is 22.8 Å². The Morgan fingerprint density at radius 1 is 1.19 bits per heavy atom. The van der Waals surface area contributed by atoms with Crippen LogP contribution in [0.4, 0.5) is 0 Å². The molecule has 2 aromatic carbocycles. The zero-order valence-electron chi connectivity index (χ0n) is 16.9. The number of hydrogen-bond donors (Lipinski definition) is 0. The molecule has 0 atom stereocenters. The minimum absolute atomic E-state index is 0.0615. The molecule has 0 aliphatic heterocycles. The molecule has 31 heavy (non-hydrogen) atoms. The Bertz CT molecular complexity index is 1290. The van der Waals surface area contributed by atoms with Crippen molar-refractivity contribution in [2.45, 2.75) is 17.5 Å². The van der Waals surface area contributed by atoms with Gasteiger partial charge in [0.05, 0.1) is 18.1 Å². The van der Waals surface area contributed by atoms with Gasteiger partial charge in [-0.15, -0.1) is 17.9 Å². The van der Waals surface area contributed by atoms with Gasteiger partial charge < -0.3 is 4.74 Å². The van der Waals surface area contributed by atoms with Crippen LogP contribution in [0.1, 0.15) is 15.9 Å². The molecule has 4 aromatic rings. The first kappa shape index (κ1) is 21.1. The molecule has 156 valence electrons. The number of carbonyl (C=O) groups excluding carboxylic acids is 1. The number of carbonyl (C=O) groups is 1. The third kappa shape index (κ3) is 4.33. The molecule has 5 nitrogen and oxygen atoms in total. The van der Waals surface area contributed by atoms with Crippen molar-refractivity contribution >= 4 is 39.3 Å². The van der Waals surface area contributed by atoms with Crippen LogP contribution in [0.25, 0.3) is 21.3 Å². The maximum atomic E-state index is 13.4. The summed E-state index contributed by atoms with van der Waals surface area (Å²) in [7, 11) is 1.36. The predicted octanol–water partition coefficient (Wildman–Crippen LogP) is 5.39. The molecule has 0 saturated carbocycles. The number of rotatable bonds is 7. The molecule has 0 bridgehead atoms. The Hall–Kier alpha value is -3.16. The number of methoxy groups -OCH3 is 1. The van der Waals surface area contributed by atoms with Crippen molar-refractivity contribution in [3.8, 4) is 11.1 Å². The quantitative estimate of drug-likeness (QED) is 0.164. The molecular formula is C24H20N2O3S2. The summed E-state index contributed by atoms with van der Waals surface area (Å²) in [5.41, 5.74) is 3.38. The summed E-state index contributed by atoms with van der Waals surface area (Å²) in [6.45, 7) is 4.19. The Morgan fingerprint density at radius 3 is 2.61 bits per heavy atom. The van der Waals surface area contributed by atoms with E-state index in [-0.39, 0.29) is 11.5 Å². The average Bonchev–Trinajstić information content (AvgIpc) is 3.24. The summed E-state index contributed by atoms with van der Waals surface area (Å²) < 4.78 is 6.40. The number of aromatic nitrogens is 2. The maximum Gasteiger partial charge on any atom is 0.337 e. The Morgan fingerprint density at radius 2 is 1.94 bits per heavy atom. The number of thioether (sulfide) groups is 1. The maximum absolute atomic E-state index is 13.4. The molecule has 0 radical (unpaired) electrons. The number of fused-ring (bicyclic) bond motifs is 1. The van der Waals surface area contributed by atoms with Crippen molar-refractivity contribution in [3.05, 3.63) is 94.1 Å². The molecular weight excluding hydrogens is 428 g/mol.